The zero-order chi connectivity index (χ0) is 29.2. The number of carbonyl (C=O) groups is 2. The van der Waals surface area contributed by atoms with Crippen molar-refractivity contribution in [3.05, 3.63) is 0 Å². The van der Waals surface area contributed by atoms with Crippen LogP contribution in [0.5, 0.6) is 0 Å². The van der Waals surface area contributed by atoms with E-state index in [2.05, 4.69) is 0 Å². The SMILES string of the molecule is C[N+](C)(C)CC(CC(=O)[O-])OCC(=O)CCCC(F)(F)C(F)(F)C(F)(F)C(F)(F)C(F)(F)C(F)(F)F. The third-order valence-corrected chi connectivity index (χ3v) is 4.57. The van der Waals surface area contributed by atoms with Crippen LogP contribution in [-0.2, 0) is 14.3 Å². The number of carbonyl (C=O) groups excluding carboxylic acids is 2. The van der Waals surface area contributed by atoms with Gasteiger partial charge in [0.25, 0.3) is 0 Å². The van der Waals surface area contributed by atoms with Crippen LogP contribution in [0.1, 0.15) is 25.7 Å². The molecule has 0 rings (SSSR count). The second-order valence-corrected chi connectivity index (χ2v) is 8.87. The van der Waals surface area contributed by atoms with E-state index < -0.39 is 85.9 Å². The molecule has 214 valence electrons. The second-order valence-electron chi connectivity index (χ2n) is 8.87. The van der Waals surface area contributed by atoms with Crippen LogP contribution in [0.15, 0.2) is 0 Å². The van der Waals surface area contributed by atoms with Gasteiger partial charge in [0.05, 0.1) is 21.1 Å². The number of ether oxygens (including phenoxy) is 1. The minimum absolute atomic E-state index is 0.00257. The van der Waals surface area contributed by atoms with E-state index in [-0.39, 0.29) is 11.0 Å². The summed E-state index contributed by atoms with van der Waals surface area (Å²) in [7, 11) is 4.79. The van der Waals surface area contributed by atoms with Crippen molar-refractivity contribution in [1.29, 1.82) is 0 Å². The Morgan fingerprint density at radius 3 is 1.61 bits per heavy atom. The number of carboxylic acid groups (broad SMARTS) is 1. The van der Waals surface area contributed by atoms with E-state index in [1.165, 1.54) is 0 Å². The first-order valence-corrected chi connectivity index (χ1v) is 9.73. The summed E-state index contributed by atoms with van der Waals surface area (Å²) in [5.41, 5.74) is 0. The van der Waals surface area contributed by atoms with Crippen molar-refractivity contribution in [2.75, 3.05) is 34.3 Å². The highest BCUT2D eigenvalue weighted by molar-refractivity contribution is 5.79. The molecule has 0 amide bonds. The van der Waals surface area contributed by atoms with E-state index >= 15 is 0 Å². The molecule has 36 heavy (non-hydrogen) atoms. The molecule has 1 atom stereocenters. The van der Waals surface area contributed by atoms with Gasteiger partial charge in [0.1, 0.15) is 19.3 Å². The Morgan fingerprint density at radius 2 is 1.22 bits per heavy atom. The zero-order valence-electron chi connectivity index (χ0n) is 18.8. The number of hydrogen-bond donors (Lipinski definition) is 0. The maximum atomic E-state index is 13.7. The molecule has 0 aromatic heterocycles. The molecular formula is C18H22F13NO4. The van der Waals surface area contributed by atoms with Crippen LogP contribution < -0.4 is 5.11 Å². The molecule has 0 aliphatic heterocycles. The molecule has 1 unspecified atom stereocenters. The van der Waals surface area contributed by atoms with Gasteiger partial charge in [0.15, 0.2) is 5.78 Å². The van der Waals surface area contributed by atoms with Crippen molar-refractivity contribution in [3.63, 3.8) is 0 Å². The van der Waals surface area contributed by atoms with Gasteiger partial charge in [0.2, 0.25) is 0 Å². The fraction of sp³-hybridized carbons (Fsp3) is 0.889. The number of alkyl halides is 13. The number of likely N-dealkylation sites (N-methyl/N-ethyl adjacent to an activating group) is 1. The third-order valence-electron chi connectivity index (χ3n) is 4.57. The largest absolute Gasteiger partial charge is 0.550 e. The first-order valence-electron chi connectivity index (χ1n) is 9.73. The maximum absolute atomic E-state index is 13.7. The van der Waals surface area contributed by atoms with Crippen molar-refractivity contribution in [1.82, 2.24) is 0 Å². The first-order chi connectivity index (χ1) is 15.6. The second kappa shape index (κ2) is 10.9. The third kappa shape index (κ3) is 7.58. The Bertz CT molecular complexity index is 776. The molecular weight excluding hydrogens is 541 g/mol. The fourth-order valence-electron chi connectivity index (χ4n) is 2.72. The Balaban J connectivity index is 5.36. The summed E-state index contributed by atoms with van der Waals surface area (Å²) in [6.07, 6.45) is -14.4. The molecule has 0 saturated heterocycles. The summed E-state index contributed by atoms with van der Waals surface area (Å²) in [5.74, 6) is -40.1. The molecule has 0 aliphatic carbocycles. The fourth-order valence-corrected chi connectivity index (χ4v) is 2.72. The minimum atomic E-state index is -7.98. The summed E-state index contributed by atoms with van der Waals surface area (Å²) in [6.45, 7) is -0.969. The quantitative estimate of drug-likeness (QED) is 0.225. The molecule has 0 fully saturated rings. The highest BCUT2D eigenvalue weighted by atomic mass is 19.4. The van der Waals surface area contributed by atoms with Crippen molar-refractivity contribution in [3.8, 4) is 0 Å². The molecule has 0 spiro atoms. The van der Waals surface area contributed by atoms with Gasteiger partial charge in [-0.05, 0) is 6.42 Å². The average molecular weight is 563 g/mol. The molecule has 0 radical (unpaired) electrons. The zero-order valence-corrected chi connectivity index (χ0v) is 18.8. The number of nitrogens with zero attached hydrogens (tertiary/aromatic N) is 1. The first kappa shape index (κ1) is 34.1. The van der Waals surface area contributed by atoms with Crippen LogP contribution in [0.4, 0.5) is 57.1 Å². The van der Waals surface area contributed by atoms with E-state index in [9.17, 15) is 71.8 Å². The molecule has 0 bridgehead atoms. The number of halogens is 13. The monoisotopic (exact) mass is 563 g/mol. The number of aliphatic carboxylic acids is 1. The smallest absolute Gasteiger partial charge is 0.460 e. The van der Waals surface area contributed by atoms with Gasteiger partial charge in [-0.3, -0.25) is 4.79 Å². The molecule has 5 nitrogen and oxygen atoms in total. The molecule has 0 N–H and O–H groups in total. The van der Waals surface area contributed by atoms with E-state index in [1.54, 1.807) is 21.1 Å². The van der Waals surface area contributed by atoms with Crippen molar-refractivity contribution in [2.45, 2.75) is 67.6 Å². The standard InChI is InChI=1S/C18H22F13NO4/c1-32(2,3)8-11(7-12(34)35)36-9-10(33)5-4-6-13(19,20)14(21,22)15(23,24)16(25,26)17(27,28)18(29,30)31/h11H,4-9H2,1-3H3. The van der Waals surface area contributed by atoms with Gasteiger partial charge in [-0.25, -0.2) is 0 Å². The topological polar surface area (TPSA) is 66.4 Å². The normalized spacial score (nSPS) is 15.7. The van der Waals surface area contributed by atoms with Crippen molar-refractivity contribution in [2.24, 2.45) is 0 Å². The van der Waals surface area contributed by atoms with Crippen LogP contribution >= 0.6 is 0 Å². The van der Waals surface area contributed by atoms with Crippen LogP contribution in [-0.4, -0.2) is 92.4 Å². The number of hydrogen-bond acceptors (Lipinski definition) is 4. The van der Waals surface area contributed by atoms with E-state index in [0.29, 0.717) is 0 Å². The number of ketones is 1. The Morgan fingerprint density at radius 1 is 0.778 bits per heavy atom. The number of rotatable bonds is 15. The molecule has 0 saturated carbocycles. The minimum Gasteiger partial charge on any atom is -0.550 e. The predicted octanol–water partition coefficient (Wildman–Crippen LogP) is 3.70. The predicted molar refractivity (Wildman–Crippen MR) is 91.9 cm³/mol. The summed E-state index contributed by atoms with van der Waals surface area (Å²) >= 11 is 0. The van der Waals surface area contributed by atoms with Crippen LogP contribution in [0.25, 0.3) is 0 Å². The van der Waals surface area contributed by atoms with Gasteiger partial charge in [-0.15, -0.1) is 0 Å². The van der Waals surface area contributed by atoms with Gasteiger partial charge >= 0.3 is 35.8 Å². The average Bonchev–Trinajstić information content (AvgIpc) is 2.62. The highest BCUT2D eigenvalue weighted by Crippen LogP contribution is 2.60. The Hall–Kier alpha value is -1.85. The van der Waals surface area contributed by atoms with E-state index in [1.807, 2.05) is 0 Å². The summed E-state index contributed by atoms with van der Waals surface area (Å²) in [4.78, 5) is 22.4. The lowest BCUT2D eigenvalue weighted by Gasteiger charge is -2.39. The maximum Gasteiger partial charge on any atom is 0.460 e. The van der Waals surface area contributed by atoms with Crippen LogP contribution in [0.2, 0.25) is 0 Å². The molecule has 0 aromatic rings. The molecule has 0 aliphatic rings. The van der Waals surface area contributed by atoms with Crippen molar-refractivity contribution < 1.29 is 81.0 Å². The van der Waals surface area contributed by atoms with Gasteiger partial charge in [-0.2, -0.15) is 57.1 Å². The van der Waals surface area contributed by atoms with Crippen LogP contribution in [0.3, 0.4) is 0 Å². The number of carboxylic acids is 1. The molecule has 18 heteroatoms. The lowest BCUT2D eigenvalue weighted by Crippen LogP contribution is -2.70. The molecule has 0 heterocycles. The number of Topliss-reactive ketones (excluding diaryl/α,β-unsaturated/α-hetero) is 1. The Labute approximate surface area is 195 Å². The lowest BCUT2D eigenvalue weighted by molar-refractivity contribution is -0.873. The van der Waals surface area contributed by atoms with Crippen molar-refractivity contribution >= 4 is 11.8 Å². The van der Waals surface area contributed by atoms with E-state index in [4.69, 9.17) is 4.74 Å². The lowest BCUT2D eigenvalue weighted by atomic mass is 9.91. The summed E-state index contributed by atoms with van der Waals surface area (Å²) in [6, 6.07) is 0. The highest BCUT2D eigenvalue weighted by Gasteiger charge is 2.90. The number of quaternary nitrogens is 1. The molecule has 0 aromatic carbocycles. The van der Waals surface area contributed by atoms with E-state index in [0.717, 1.165) is 0 Å². The van der Waals surface area contributed by atoms with Gasteiger partial charge in [0, 0.05) is 25.2 Å². The Kier molecular flexibility index (Phi) is 10.3. The summed E-state index contributed by atoms with van der Waals surface area (Å²) < 4.78 is 175. The van der Waals surface area contributed by atoms with Crippen LogP contribution in [0, 0.1) is 0 Å². The van der Waals surface area contributed by atoms with Gasteiger partial charge < -0.3 is 19.1 Å². The summed E-state index contributed by atoms with van der Waals surface area (Å²) in [5, 5.41) is 10.7. The van der Waals surface area contributed by atoms with Gasteiger partial charge in [-0.1, -0.05) is 0 Å².